The zero-order chi connectivity index (χ0) is 11.8. The van der Waals surface area contributed by atoms with E-state index in [1.54, 1.807) is 20.8 Å². The second-order valence-corrected chi connectivity index (χ2v) is 8.29. The van der Waals surface area contributed by atoms with E-state index in [1.807, 2.05) is 27.7 Å². The summed E-state index contributed by atoms with van der Waals surface area (Å²) >= 11 is 0. The maximum atomic E-state index is 11.8. The predicted molar refractivity (Wildman–Crippen MR) is 60.7 cm³/mol. The Kier molecular flexibility index (Phi) is 3.79. The summed E-state index contributed by atoms with van der Waals surface area (Å²) in [6, 6.07) is -0.0632. The van der Waals surface area contributed by atoms with Crippen molar-refractivity contribution in [3.63, 3.8) is 0 Å². The Hall–Kier alpha value is -0.0900. The number of sulfonamides is 1. The van der Waals surface area contributed by atoms with Crippen molar-refractivity contribution in [1.29, 1.82) is 0 Å². The Balaban J connectivity index is 4.72. The normalized spacial score (nSPS) is 16.8. The molecule has 0 aromatic rings. The molecule has 0 bridgehead atoms. The third kappa shape index (κ3) is 3.58. The van der Waals surface area contributed by atoms with Gasteiger partial charge >= 0.3 is 0 Å². The van der Waals surface area contributed by atoms with Crippen LogP contribution in [-0.2, 0) is 10.0 Å². The molecular weight excluding hydrogens is 198 g/mol. The van der Waals surface area contributed by atoms with Crippen molar-refractivity contribution in [2.45, 2.75) is 59.3 Å². The molecule has 86 valence electrons. The molecule has 0 heterocycles. The van der Waals surface area contributed by atoms with Crippen LogP contribution in [0, 0.1) is 5.41 Å². The molecule has 0 rings (SSSR count). The van der Waals surface area contributed by atoms with Gasteiger partial charge < -0.3 is 0 Å². The van der Waals surface area contributed by atoms with Gasteiger partial charge in [0.15, 0.2) is 0 Å². The average molecular weight is 221 g/mol. The van der Waals surface area contributed by atoms with E-state index in [0.29, 0.717) is 0 Å². The standard InChI is InChI=1S/C10H23NO2S/c1-8(9(2,3)4)11-14(12,13)10(5,6)7/h8,11H,1-7H3/t8-/m1/s1. The average Bonchev–Trinajstić information content (AvgIpc) is 1.80. The molecule has 0 saturated heterocycles. The van der Waals surface area contributed by atoms with Gasteiger partial charge in [0.2, 0.25) is 10.0 Å². The predicted octanol–water partition coefficient (Wildman–Crippen LogP) is 2.14. The summed E-state index contributed by atoms with van der Waals surface area (Å²) < 4.78 is 25.6. The molecule has 0 aliphatic rings. The molecule has 0 spiro atoms. The van der Waals surface area contributed by atoms with Gasteiger partial charge in [-0.15, -0.1) is 0 Å². The van der Waals surface area contributed by atoms with Crippen LogP contribution in [0.5, 0.6) is 0 Å². The minimum atomic E-state index is -3.23. The van der Waals surface area contributed by atoms with E-state index in [2.05, 4.69) is 4.72 Å². The first-order valence-corrected chi connectivity index (χ1v) is 6.38. The third-order valence-electron chi connectivity index (χ3n) is 2.44. The molecule has 0 unspecified atom stereocenters. The summed E-state index contributed by atoms with van der Waals surface area (Å²) in [5.41, 5.74) is -0.0572. The van der Waals surface area contributed by atoms with E-state index in [4.69, 9.17) is 0 Å². The highest BCUT2D eigenvalue weighted by atomic mass is 32.2. The first kappa shape index (κ1) is 13.9. The van der Waals surface area contributed by atoms with Gasteiger partial charge in [-0.25, -0.2) is 13.1 Å². The Morgan fingerprint density at radius 1 is 1.00 bits per heavy atom. The fourth-order valence-electron chi connectivity index (χ4n) is 0.586. The molecule has 0 aliphatic carbocycles. The van der Waals surface area contributed by atoms with Gasteiger partial charge in [-0.2, -0.15) is 0 Å². The van der Waals surface area contributed by atoms with Gasteiger partial charge in [0.25, 0.3) is 0 Å². The van der Waals surface area contributed by atoms with Gasteiger partial charge in [-0.3, -0.25) is 0 Å². The second-order valence-electron chi connectivity index (χ2n) is 5.82. The summed E-state index contributed by atoms with van der Waals surface area (Å²) in [4.78, 5) is 0. The maximum absolute atomic E-state index is 11.8. The first-order valence-electron chi connectivity index (χ1n) is 4.90. The zero-order valence-corrected chi connectivity index (χ0v) is 11.1. The van der Waals surface area contributed by atoms with E-state index in [-0.39, 0.29) is 11.5 Å². The van der Waals surface area contributed by atoms with E-state index in [9.17, 15) is 8.42 Å². The number of nitrogens with one attached hydrogen (secondary N) is 1. The SMILES string of the molecule is C[C@@H](NS(=O)(=O)C(C)(C)C)C(C)(C)C. The summed E-state index contributed by atoms with van der Waals surface area (Å²) in [6.45, 7) is 13.0. The number of hydrogen-bond donors (Lipinski definition) is 1. The van der Waals surface area contributed by atoms with Crippen molar-refractivity contribution in [3.05, 3.63) is 0 Å². The Labute approximate surface area is 88.3 Å². The van der Waals surface area contributed by atoms with Gasteiger partial charge in [0.1, 0.15) is 0 Å². The second kappa shape index (κ2) is 3.81. The van der Waals surface area contributed by atoms with Gasteiger partial charge in [-0.1, -0.05) is 20.8 Å². The molecular formula is C10H23NO2S. The van der Waals surface area contributed by atoms with E-state index in [1.165, 1.54) is 0 Å². The van der Waals surface area contributed by atoms with Crippen LogP contribution in [-0.4, -0.2) is 19.2 Å². The minimum absolute atomic E-state index is 0.0572. The van der Waals surface area contributed by atoms with Crippen LogP contribution in [0.25, 0.3) is 0 Å². The molecule has 0 aromatic carbocycles. The highest BCUT2D eigenvalue weighted by Gasteiger charge is 2.33. The third-order valence-corrected chi connectivity index (χ3v) is 4.71. The van der Waals surface area contributed by atoms with Gasteiger partial charge in [0, 0.05) is 6.04 Å². The van der Waals surface area contributed by atoms with Crippen LogP contribution in [0.4, 0.5) is 0 Å². The maximum Gasteiger partial charge on any atom is 0.216 e. The smallest absolute Gasteiger partial charge is 0.212 e. The Bertz CT molecular complexity index is 280. The van der Waals surface area contributed by atoms with E-state index < -0.39 is 14.8 Å². The van der Waals surface area contributed by atoms with Crippen molar-refractivity contribution < 1.29 is 8.42 Å². The Morgan fingerprint density at radius 3 is 1.57 bits per heavy atom. The number of hydrogen-bond acceptors (Lipinski definition) is 2. The van der Waals surface area contributed by atoms with Crippen molar-refractivity contribution in [2.24, 2.45) is 5.41 Å². The Morgan fingerprint density at radius 2 is 1.36 bits per heavy atom. The molecule has 0 radical (unpaired) electrons. The molecule has 3 nitrogen and oxygen atoms in total. The summed E-state index contributed by atoms with van der Waals surface area (Å²) in [5.74, 6) is 0. The largest absolute Gasteiger partial charge is 0.216 e. The fourth-order valence-corrected chi connectivity index (χ4v) is 1.76. The minimum Gasteiger partial charge on any atom is -0.212 e. The van der Waals surface area contributed by atoms with Crippen LogP contribution in [0.3, 0.4) is 0 Å². The first-order chi connectivity index (χ1) is 5.88. The fraction of sp³-hybridized carbons (Fsp3) is 1.00. The van der Waals surface area contributed by atoms with Crippen LogP contribution < -0.4 is 4.72 Å². The van der Waals surface area contributed by atoms with Crippen LogP contribution in [0.1, 0.15) is 48.5 Å². The topological polar surface area (TPSA) is 46.2 Å². The molecule has 0 amide bonds. The zero-order valence-electron chi connectivity index (χ0n) is 10.3. The monoisotopic (exact) mass is 221 g/mol. The van der Waals surface area contributed by atoms with Crippen LogP contribution in [0.15, 0.2) is 0 Å². The highest BCUT2D eigenvalue weighted by Crippen LogP contribution is 2.22. The molecule has 4 heteroatoms. The van der Waals surface area contributed by atoms with Gasteiger partial charge in [-0.05, 0) is 33.1 Å². The van der Waals surface area contributed by atoms with E-state index in [0.717, 1.165) is 0 Å². The summed E-state index contributed by atoms with van der Waals surface area (Å²) in [6.07, 6.45) is 0. The van der Waals surface area contributed by atoms with E-state index >= 15 is 0 Å². The van der Waals surface area contributed by atoms with Crippen LogP contribution >= 0.6 is 0 Å². The molecule has 14 heavy (non-hydrogen) atoms. The quantitative estimate of drug-likeness (QED) is 0.776. The molecule has 1 atom stereocenters. The van der Waals surface area contributed by atoms with Crippen molar-refractivity contribution >= 4 is 10.0 Å². The lowest BCUT2D eigenvalue weighted by atomic mass is 9.89. The molecule has 0 saturated carbocycles. The van der Waals surface area contributed by atoms with Gasteiger partial charge in [0.05, 0.1) is 4.75 Å². The lowest BCUT2D eigenvalue weighted by Gasteiger charge is -2.31. The highest BCUT2D eigenvalue weighted by molar-refractivity contribution is 7.90. The summed E-state index contributed by atoms with van der Waals surface area (Å²) in [5, 5.41) is 0. The molecule has 0 aromatic heterocycles. The molecule has 0 aliphatic heterocycles. The van der Waals surface area contributed by atoms with Crippen molar-refractivity contribution in [3.8, 4) is 0 Å². The lowest BCUT2D eigenvalue weighted by molar-refractivity contribution is 0.315. The lowest BCUT2D eigenvalue weighted by Crippen LogP contribution is -2.48. The number of rotatable bonds is 2. The van der Waals surface area contributed by atoms with Crippen LogP contribution in [0.2, 0.25) is 0 Å². The van der Waals surface area contributed by atoms with Crippen molar-refractivity contribution in [2.75, 3.05) is 0 Å². The molecule has 0 fully saturated rings. The molecule has 1 N–H and O–H groups in total. The summed E-state index contributed by atoms with van der Waals surface area (Å²) in [7, 11) is -3.23. The van der Waals surface area contributed by atoms with Crippen molar-refractivity contribution in [1.82, 2.24) is 4.72 Å².